The van der Waals surface area contributed by atoms with Crippen LogP contribution < -0.4 is 0 Å². The molecule has 0 aromatic heterocycles. The van der Waals surface area contributed by atoms with Gasteiger partial charge in [0.25, 0.3) is 0 Å². The molecular formula is C11H18O. The summed E-state index contributed by atoms with van der Waals surface area (Å²) in [5, 5.41) is 0. The van der Waals surface area contributed by atoms with Gasteiger partial charge in [0, 0.05) is 5.41 Å². The summed E-state index contributed by atoms with van der Waals surface area (Å²) in [5.74, 6) is 0.201. The zero-order valence-electron chi connectivity index (χ0n) is 8.26. The number of ketones is 1. The molecule has 0 heterocycles. The number of carbonyl (C=O) groups is 1. The highest BCUT2D eigenvalue weighted by atomic mass is 16.1. The molecule has 0 aliphatic rings. The van der Waals surface area contributed by atoms with E-state index in [-0.39, 0.29) is 11.2 Å². The number of Topliss-reactive ketones (excluding diaryl/α,β-unsaturated/α-hetero) is 1. The molecule has 1 heteroatoms. The van der Waals surface area contributed by atoms with Crippen LogP contribution >= 0.6 is 0 Å². The molecular weight excluding hydrogens is 148 g/mol. The van der Waals surface area contributed by atoms with E-state index in [1.54, 1.807) is 13.0 Å². The lowest BCUT2D eigenvalue weighted by Gasteiger charge is -2.20. The molecule has 1 nitrogen and oxygen atoms in total. The Balaban J connectivity index is 4.49. The van der Waals surface area contributed by atoms with E-state index in [4.69, 9.17) is 0 Å². The van der Waals surface area contributed by atoms with Crippen LogP contribution in [-0.2, 0) is 4.79 Å². The van der Waals surface area contributed by atoms with E-state index in [1.165, 1.54) is 0 Å². The standard InChI is InChI=1S/C11H18O/c1-5-7-9-11(4,8-6-2)10(3)12/h6-7,9H,2,5,8H2,1,3-4H3/b9-7+. The second-order valence-corrected chi connectivity index (χ2v) is 3.28. The number of carbonyl (C=O) groups excluding carboxylic acids is 1. The largest absolute Gasteiger partial charge is 0.299 e. The molecule has 0 saturated carbocycles. The van der Waals surface area contributed by atoms with Crippen LogP contribution in [0.1, 0.15) is 33.6 Å². The first-order valence-corrected chi connectivity index (χ1v) is 4.36. The van der Waals surface area contributed by atoms with E-state index in [2.05, 4.69) is 13.5 Å². The molecule has 0 N–H and O–H groups in total. The minimum absolute atomic E-state index is 0.201. The van der Waals surface area contributed by atoms with Gasteiger partial charge in [0.15, 0.2) is 0 Å². The van der Waals surface area contributed by atoms with Crippen molar-refractivity contribution in [3.63, 3.8) is 0 Å². The van der Waals surface area contributed by atoms with Gasteiger partial charge in [-0.1, -0.05) is 25.2 Å². The van der Waals surface area contributed by atoms with Crippen molar-refractivity contribution in [3.8, 4) is 0 Å². The predicted octanol–water partition coefficient (Wildman–Crippen LogP) is 3.12. The third-order valence-electron chi connectivity index (χ3n) is 2.09. The van der Waals surface area contributed by atoms with Gasteiger partial charge in [0.2, 0.25) is 0 Å². The first kappa shape index (κ1) is 11.2. The van der Waals surface area contributed by atoms with Crippen molar-refractivity contribution in [1.82, 2.24) is 0 Å². The first-order chi connectivity index (χ1) is 5.56. The average molecular weight is 166 g/mol. The molecule has 0 radical (unpaired) electrons. The minimum atomic E-state index is -0.336. The summed E-state index contributed by atoms with van der Waals surface area (Å²) in [6, 6.07) is 0. The van der Waals surface area contributed by atoms with Crippen LogP contribution in [0.2, 0.25) is 0 Å². The fourth-order valence-corrected chi connectivity index (χ4v) is 1.01. The third kappa shape index (κ3) is 3.04. The summed E-state index contributed by atoms with van der Waals surface area (Å²) in [4.78, 5) is 11.3. The number of rotatable bonds is 5. The molecule has 0 saturated heterocycles. The lowest BCUT2D eigenvalue weighted by atomic mass is 9.82. The molecule has 1 unspecified atom stereocenters. The molecule has 0 aromatic rings. The van der Waals surface area contributed by atoms with Gasteiger partial charge in [-0.2, -0.15) is 0 Å². The SMILES string of the molecule is C=CCC(C)(/C=C/CC)C(C)=O. The van der Waals surface area contributed by atoms with Crippen LogP contribution in [0.25, 0.3) is 0 Å². The summed E-state index contributed by atoms with van der Waals surface area (Å²) in [6.07, 6.45) is 7.50. The highest BCUT2D eigenvalue weighted by Gasteiger charge is 2.24. The van der Waals surface area contributed by atoms with Crippen LogP contribution in [0, 0.1) is 5.41 Å². The zero-order valence-corrected chi connectivity index (χ0v) is 8.26. The van der Waals surface area contributed by atoms with Crippen LogP contribution in [0.5, 0.6) is 0 Å². The van der Waals surface area contributed by atoms with Crippen molar-refractivity contribution in [2.45, 2.75) is 33.6 Å². The Kier molecular flexibility index (Phi) is 4.57. The highest BCUT2D eigenvalue weighted by Crippen LogP contribution is 2.24. The van der Waals surface area contributed by atoms with E-state index in [0.29, 0.717) is 0 Å². The Morgan fingerprint density at radius 1 is 1.58 bits per heavy atom. The second kappa shape index (κ2) is 4.91. The number of allylic oxidation sites excluding steroid dienone is 3. The van der Waals surface area contributed by atoms with E-state index < -0.39 is 0 Å². The Hall–Kier alpha value is -0.850. The molecule has 0 rings (SSSR count). The molecule has 1 atom stereocenters. The summed E-state index contributed by atoms with van der Waals surface area (Å²) < 4.78 is 0. The second-order valence-electron chi connectivity index (χ2n) is 3.28. The van der Waals surface area contributed by atoms with E-state index >= 15 is 0 Å². The normalized spacial score (nSPS) is 15.9. The highest BCUT2D eigenvalue weighted by molar-refractivity contribution is 5.84. The monoisotopic (exact) mass is 166 g/mol. The van der Waals surface area contributed by atoms with E-state index in [9.17, 15) is 4.79 Å². The molecule has 0 fully saturated rings. The predicted molar refractivity (Wildman–Crippen MR) is 53.0 cm³/mol. The van der Waals surface area contributed by atoms with Crippen LogP contribution in [-0.4, -0.2) is 5.78 Å². The third-order valence-corrected chi connectivity index (χ3v) is 2.09. The Morgan fingerprint density at radius 2 is 2.17 bits per heavy atom. The van der Waals surface area contributed by atoms with Gasteiger partial charge in [-0.25, -0.2) is 0 Å². The molecule has 0 aliphatic carbocycles. The lowest BCUT2D eigenvalue weighted by molar-refractivity contribution is -0.123. The van der Waals surface area contributed by atoms with Gasteiger partial charge >= 0.3 is 0 Å². The maximum atomic E-state index is 11.3. The summed E-state index contributed by atoms with van der Waals surface area (Å²) in [7, 11) is 0. The molecule has 0 spiro atoms. The fraction of sp³-hybridized carbons (Fsp3) is 0.545. The molecule has 12 heavy (non-hydrogen) atoms. The van der Waals surface area contributed by atoms with Gasteiger partial charge in [-0.3, -0.25) is 4.79 Å². The Bertz CT molecular complexity index is 191. The number of hydrogen-bond acceptors (Lipinski definition) is 1. The molecule has 0 aliphatic heterocycles. The van der Waals surface area contributed by atoms with Gasteiger partial charge in [0.1, 0.15) is 5.78 Å². The molecule has 0 bridgehead atoms. The van der Waals surface area contributed by atoms with Crippen molar-refractivity contribution in [2.75, 3.05) is 0 Å². The Labute approximate surface area is 75.2 Å². The van der Waals surface area contributed by atoms with E-state index in [1.807, 2.05) is 19.1 Å². The zero-order chi connectivity index (χ0) is 9.61. The minimum Gasteiger partial charge on any atom is -0.299 e. The first-order valence-electron chi connectivity index (χ1n) is 4.36. The fourth-order valence-electron chi connectivity index (χ4n) is 1.01. The van der Waals surface area contributed by atoms with Gasteiger partial charge in [-0.05, 0) is 26.7 Å². The van der Waals surface area contributed by atoms with Gasteiger partial charge < -0.3 is 0 Å². The van der Waals surface area contributed by atoms with Crippen molar-refractivity contribution in [2.24, 2.45) is 5.41 Å². The summed E-state index contributed by atoms with van der Waals surface area (Å²) in [5.41, 5.74) is -0.336. The topological polar surface area (TPSA) is 17.1 Å². The molecule has 68 valence electrons. The van der Waals surface area contributed by atoms with E-state index in [0.717, 1.165) is 12.8 Å². The molecule has 0 aromatic carbocycles. The number of hydrogen-bond donors (Lipinski definition) is 0. The maximum Gasteiger partial charge on any atom is 0.139 e. The van der Waals surface area contributed by atoms with Gasteiger partial charge in [0.05, 0.1) is 0 Å². The van der Waals surface area contributed by atoms with Crippen molar-refractivity contribution in [3.05, 3.63) is 24.8 Å². The maximum absolute atomic E-state index is 11.3. The van der Waals surface area contributed by atoms with Crippen molar-refractivity contribution >= 4 is 5.78 Å². The average Bonchev–Trinajstić information content (AvgIpc) is 2.01. The van der Waals surface area contributed by atoms with Gasteiger partial charge in [-0.15, -0.1) is 6.58 Å². The Morgan fingerprint density at radius 3 is 2.50 bits per heavy atom. The van der Waals surface area contributed by atoms with Crippen LogP contribution in [0.15, 0.2) is 24.8 Å². The van der Waals surface area contributed by atoms with Crippen LogP contribution in [0.3, 0.4) is 0 Å². The lowest BCUT2D eigenvalue weighted by Crippen LogP contribution is -2.21. The molecule has 0 amide bonds. The van der Waals surface area contributed by atoms with Crippen molar-refractivity contribution < 1.29 is 4.79 Å². The van der Waals surface area contributed by atoms with Crippen molar-refractivity contribution in [1.29, 1.82) is 0 Å². The quantitative estimate of drug-likeness (QED) is 0.573. The van der Waals surface area contributed by atoms with Crippen LogP contribution in [0.4, 0.5) is 0 Å². The smallest absolute Gasteiger partial charge is 0.139 e. The summed E-state index contributed by atoms with van der Waals surface area (Å²) in [6.45, 7) is 9.29. The summed E-state index contributed by atoms with van der Waals surface area (Å²) >= 11 is 0.